The number of ether oxygens (including phenoxy) is 2. The number of thioether (sulfide) groups is 1. The molecule has 0 aliphatic rings. The molecule has 0 aromatic heterocycles. The molecule has 0 spiro atoms. The maximum Gasteiger partial charge on any atom is 0.234 e. The molecule has 0 bridgehead atoms. The van der Waals surface area contributed by atoms with Crippen molar-refractivity contribution in [3.05, 3.63) is 46.4 Å². The standard InChI is InChI=1S/C16H15Cl2NO3S/c1-21-13-8-14(22-2)12(7-11(13)18)19-16(20)9-23-15-6-4-3-5-10(15)17/h3-8H,9H2,1-2H3,(H,19,20). The molecule has 0 aliphatic carbocycles. The first-order valence-corrected chi connectivity index (χ1v) is 8.38. The highest BCUT2D eigenvalue weighted by Crippen LogP contribution is 2.36. The zero-order chi connectivity index (χ0) is 16.8. The van der Waals surface area contributed by atoms with Crippen LogP contribution in [0.15, 0.2) is 41.3 Å². The van der Waals surface area contributed by atoms with Crippen molar-refractivity contribution in [3.8, 4) is 11.5 Å². The minimum atomic E-state index is -0.186. The molecular formula is C16H15Cl2NO3S. The first-order chi connectivity index (χ1) is 11.0. The van der Waals surface area contributed by atoms with Crippen LogP contribution in [0.25, 0.3) is 0 Å². The maximum atomic E-state index is 12.1. The molecule has 0 radical (unpaired) electrons. The maximum absolute atomic E-state index is 12.1. The third-order valence-electron chi connectivity index (χ3n) is 2.94. The van der Waals surface area contributed by atoms with Gasteiger partial charge in [0.2, 0.25) is 5.91 Å². The zero-order valence-electron chi connectivity index (χ0n) is 12.6. The number of anilines is 1. The van der Waals surface area contributed by atoms with Gasteiger partial charge >= 0.3 is 0 Å². The molecule has 7 heteroatoms. The van der Waals surface area contributed by atoms with Crippen molar-refractivity contribution in [2.24, 2.45) is 0 Å². The normalized spacial score (nSPS) is 10.3. The van der Waals surface area contributed by atoms with E-state index in [1.165, 1.54) is 26.0 Å². The molecule has 0 fully saturated rings. The van der Waals surface area contributed by atoms with E-state index in [-0.39, 0.29) is 11.7 Å². The van der Waals surface area contributed by atoms with Gasteiger partial charge in [-0.05, 0) is 18.2 Å². The Morgan fingerprint density at radius 1 is 1.09 bits per heavy atom. The number of hydrogen-bond donors (Lipinski definition) is 1. The lowest BCUT2D eigenvalue weighted by Crippen LogP contribution is -2.14. The largest absolute Gasteiger partial charge is 0.495 e. The Hall–Kier alpha value is -1.56. The van der Waals surface area contributed by atoms with Crippen molar-refractivity contribution >= 4 is 46.6 Å². The van der Waals surface area contributed by atoms with Crippen molar-refractivity contribution in [1.29, 1.82) is 0 Å². The summed E-state index contributed by atoms with van der Waals surface area (Å²) in [6, 6.07) is 10.6. The van der Waals surface area contributed by atoms with Crippen LogP contribution in [0, 0.1) is 0 Å². The zero-order valence-corrected chi connectivity index (χ0v) is 14.9. The van der Waals surface area contributed by atoms with Gasteiger partial charge in [-0.15, -0.1) is 11.8 Å². The third kappa shape index (κ3) is 4.70. The van der Waals surface area contributed by atoms with Crippen LogP contribution in [-0.4, -0.2) is 25.9 Å². The number of carbonyl (C=O) groups excluding carboxylic acids is 1. The molecule has 0 heterocycles. The molecule has 1 amide bonds. The second kappa shape index (κ2) is 8.34. The Morgan fingerprint density at radius 3 is 2.43 bits per heavy atom. The van der Waals surface area contributed by atoms with Gasteiger partial charge in [0.1, 0.15) is 11.5 Å². The van der Waals surface area contributed by atoms with Gasteiger partial charge in [-0.3, -0.25) is 4.79 Å². The van der Waals surface area contributed by atoms with Gasteiger partial charge < -0.3 is 14.8 Å². The summed E-state index contributed by atoms with van der Waals surface area (Å²) in [5.74, 6) is 0.986. The molecule has 0 saturated heterocycles. The van der Waals surface area contributed by atoms with Gasteiger partial charge in [0.05, 0.1) is 35.7 Å². The highest BCUT2D eigenvalue weighted by Gasteiger charge is 2.13. The number of amides is 1. The molecule has 2 aromatic rings. The lowest BCUT2D eigenvalue weighted by Gasteiger charge is -2.13. The van der Waals surface area contributed by atoms with Crippen molar-refractivity contribution in [2.75, 3.05) is 25.3 Å². The molecule has 4 nitrogen and oxygen atoms in total. The van der Waals surface area contributed by atoms with E-state index in [1.807, 2.05) is 18.2 Å². The topological polar surface area (TPSA) is 47.6 Å². The number of halogens is 2. The highest BCUT2D eigenvalue weighted by atomic mass is 35.5. The second-order valence-corrected chi connectivity index (χ2v) is 6.29. The first-order valence-electron chi connectivity index (χ1n) is 6.64. The Bertz CT molecular complexity index is 710. The van der Waals surface area contributed by atoms with Crippen LogP contribution in [0.3, 0.4) is 0 Å². The fourth-order valence-electron chi connectivity index (χ4n) is 1.85. The Balaban J connectivity index is 2.05. The molecular weight excluding hydrogens is 357 g/mol. The minimum Gasteiger partial charge on any atom is -0.495 e. The number of hydrogen-bond acceptors (Lipinski definition) is 4. The summed E-state index contributed by atoms with van der Waals surface area (Å²) in [5.41, 5.74) is 0.489. The molecule has 122 valence electrons. The van der Waals surface area contributed by atoms with E-state index in [2.05, 4.69) is 5.32 Å². The number of nitrogens with one attached hydrogen (secondary N) is 1. The van der Waals surface area contributed by atoms with E-state index in [1.54, 1.807) is 18.2 Å². The second-order valence-electron chi connectivity index (χ2n) is 4.45. The molecule has 0 atom stereocenters. The molecule has 0 unspecified atom stereocenters. The van der Waals surface area contributed by atoms with Crippen LogP contribution in [0.5, 0.6) is 11.5 Å². The third-order valence-corrected chi connectivity index (χ3v) is 4.75. The van der Waals surface area contributed by atoms with Crippen LogP contribution in [0.4, 0.5) is 5.69 Å². The van der Waals surface area contributed by atoms with Crippen LogP contribution in [-0.2, 0) is 4.79 Å². The van der Waals surface area contributed by atoms with E-state index in [0.717, 1.165) is 4.90 Å². The fourth-order valence-corrected chi connectivity index (χ4v) is 3.13. The Labute approximate surface area is 149 Å². The van der Waals surface area contributed by atoms with Crippen molar-refractivity contribution in [2.45, 2.75) is 4.90 Å². The quantitative estimate of drug-likeness (QED) is 0.744. The number of carbonyl (C=O) groups is 1. The van der Waals surface area contributed by atoms with E-state index in [0.29, 0.717) is 27.2 Å². The van der Waals surface area contributed by atoms with Gasteiger partial charge in [0, 0.05) is 11.0 Å². The van der Waals surface area contributed by atoms with Crippen molar-refractivity contribution < 1.29 is 14.3 Å². The number of benzene rings is 2. The Morgan fingerprint density at radius 2 is 1.78 bits per heavy atom. The summed E-state index contributed by atoms with van der Waals surface area (Å²) >= 11 is 13.5. The molecule has 2 aromatic carbocycles. The number of rotatable bonds is 6. The monoisotopic (exact) mass is 371 g/mol. The van der Waals surface area contributed by atoms with Gasteiger partial charge in [0.15, 0.2) is 0 Å². The van der Waals surface area contributed by atoms with E-state index < -0.39 is 0 Å². The van der Waals surface area contributed by atoms with Gasteiger partial charge in [-0.25, -0.2) is 0 Å². The predicted octanol–water partition coefficient (Wildman–Crippen LogP) is 4.74. The first kappa shape index (κ1) is 17.8. The molecule has 0 saturated carbocycles. The SMILES string of the molecule is COc1cc(OC)c(NC(=O)CSc2ccccc2Cl)cc1Cl. The van der Waals surface area contributed by atoms with Crippen molar-refractivity contribution in [1.82, 2.24) is 0 Å². The van der Waals surface area contributed by atoms with Gasteiger partial charge in [0.25, 0.3) is 0 Å². The van der Waals surface area contributed by atoms with Crippen LogP contribution in [0.2, 0.25) is 10.0 Å². The molecule has 1 N–H and O–H groups in total. The van der Waals surface area contributed by atoms with E-state index in [9.17, 15) is 4.79 Å². The van der Waals surface area contributed by atoms with Gasteiger partial charge in [-0.1, -0.05) is 35.3 Å². The average Bonchev–Trinajstić information content (AvgIpc) is 2.54. The summed E-state index contributed by atoms with van der Waals surface area (Å²) in [6.07, 6.45) is 0. The van der Waals surface area contributed by atoms with Crippen LogP contribution < -0.4 is 14.8 Å². The molecule has 0 aliphatic heterocycles. The van der Waals surface area contributed by atoms with E-state index in [4.69, 9.17) is 32.7 Å². The summed E-state index contributed by atoms with van der Waals surface area (Å²) in [5, 5.41) is 3.79. The summed E-state index contributed by atoms with van der Waals surface area (Å²) < 4.78 is 10.4. The van der Waals surface area contributed by atoms with Crippen molar-refractivity contribution in [3.63, 3.8) is 0 Å². The smallest absolute Gasteiger partial charge is 0.234 e. The lowest BCUT2D eigenvalue weighted by atomic mass is 10.2. The average molecular weight is 372 g/mol. The lowest BCUT2D eigenvalue weighted by molar-refractivity contribution is -0.113. The summed E-state index contributed by atoms with van der Waals surface area (Å²) in [6.45, 7) is 0. The highest BCUT2D eigenvalue weighted by molar-refractivity contribution is 8.00. The minimum absolute atomic E-state index is 0.186. The fraction of sp³-hybridized carbons (Fsp3) is 0.188. The van der Waals surface area contributed by atoms with Gasteiger partial charge in [-0.2, -0.15) is 0 Å². The molecule has 23 heavy (non-hydrogen) atoms. The predicted molar refractivity (Wildman–Crippen MR) is 95.4 cm³/mol. The summed E-state index contributed by atoms with van der Waals surface area (Å²) in [7, 11) is 3.02. The Kier molecular flexibility index (Phi) is 6.45. The molecule has 2 rings (SSSR count). The van der Waals surface area contributed by atoms with Crippen LogP contribution in [0.1, 0.15) is 0 Å². The van der Waals surface area contributed by atoms with E-state index >= 15 is 0 Å². The van der Waals surface area contributed by atoms with Crippen LogP contribution >= 0.6 is 35.0 Å². The summed E-state index contributed by atoms with van der Waals surface area (Å²) in [4.78, 5) is 13.0. The number of methoxy groups -OCH3 is 2.